The summed E-state index contributed by atoms with van der Waals surface area (Å²) in [6.45, 7) is 6.47. The van der Waals surface area contributed by atoms with Gasteiger partial charge in [0.25, 0.3) is 0 Å². The third kappa shape index (κ3) is 13.9. The van der Waals surface area contributed by atoms with Crippen molar-refractivity contribution >= 4 is 0 Å². The maximum Gasteiger partial charge on any atom is 0.401 e. The van der Waals surface area contributed by atoms with Gasteiger partial charge in [-0.05, 0) is 51.9 Å². The van der Waals surface area contributed by atoms with Crippen LogP contribution in [0.2, 0.25) is 0 Å². The van der Waals surface area contributed by atoms with Crippen molar-refractivity contribution in [2.45, 2.75) is 58.5 Å². The lowest BCUT2D eigenvalue weighted by Gasteiger charge is -2.22. The molecule has 0 amide bonds. The third-order valence-corrected chi connectivity index (χ3v) is 2.95. The van der Waals surface area contributed by atoms with Crippen LogP contribution in [0.4, 0.5) is 13.2 Å². The van der Waals surface area contributed by atoms with Gasteiger partial charge in [0.2, 0.25) is 0 Å². The largest absolute Gasteiger partial charge is 0.401 e. The van der Waals surface area contributed by atoms with Crippen molar-refractivity contribution in [3.05, 3.63) is 0 Å². The maximum atomic E-state index is 12.3. The van der Waals surface area contributed by atoms with Gasteiger partial charge < -0.3 is 5.32 Å². The monoisotopic (exact) mass is 282 g/mol. The van der Waals surface area contributed by atoms with Crippen molar-refractivity contribution < 1.29 is 13.2 Å². The summed E-state index contributed by atoms with van der Waals surface area (Å²) in [7, 11) is 0. The first-order valence-corrected chi connectivity index (χ1v) is 7.49. The first kappa shape index (κ1) is 18.7. The van der Waals surface area contributed by atoms with E-state index in [0.29, 0.717) is 13.1 Å². The highest BCUT2D eigenvalue weighted by atomic mass is 19.4. The summed E-state index contributed by atoms with van der Waals surface area (Å²) in [5, 5.41) is 3.33. The molecule has 0 radical (unpaired) electrons. The van der Waals surface area contributed by atoms with Crippen molar-refractivity contribution in [3.63, 3.8) is 0 Å². The molecule has 19 heavy (non-hydrogen) atoms. The highest BCUT2D eigenvalue weighted by Crippen LogP contribution is 2.17. The average Bonchev–Trinajstić information content (AvgIpc) is 2.31. The molecule has 0 bridgehead atoms. The Kier molecular flexibility index (Phi) is 11.4. The molecule has 0 aromatic carbocycles. The molecule has 0 spiro atoms. The topological polar surface area (TPSA) is 15.3 Å². The minimum atomic E-state index is -4.07. The number of unbranched alkanes of at least 4 members (excludes halogenated alkanes) is 3. The fourth-order valence-corrected chi connectivity index (χ4v) is 2.08. The van der Waals surface area contributed by atoms with Crippen LogP contribution in [0.25, 0.3) is 0 Å². The normalized spacial score (nSPS) is 12.3. The minimum Gasteiger partial charge on any atom is -0.317 e. The van der Waals surface area contributed by atoms with E-state index < -0.39 is 12.7 Å². The summed E-state index contributed by atoms with van der Waals surface area (Å²) in [5.74, 6) is 0. The Morgan fingerprint density at radius 3 is 2.11 bits per heavy atom. The van der Waals surface area contributed by atoms with Crippen molar-refractivity contribution in [1.29, 1.82) is 0 Å². The number of hydrogen-bond donors (Lipinski definition) is 1. The number of nitrogens with one attached hydrogen (secondary N) is 1. The molecule has 116 valence electrons. The summed E-state index contributed by atoms with van der Waals surface area (Å²) < 4.78 is 37.0. The average molecular weight is 282 g/mol. The SMILES string of the molecule is CCCNCCCCCCN(CCC)CC(F)(F)F. The Bertz CT molecular complexity index is 196. The van der Waals surface area contributed by atoms with E-state index in [1.54, 1.807) is 0 Å². The van der Waals surface area contributed by atoms with Gasteiger partial charge in [-0.3, -0.25) is 4.90 Å². The quantitative estimate of drug-likeness (QED) is 0.547. The molecule has 2 nitrogen and oxygen atoms in total. The zero-order valence-corrected chi connectivity index (χ0v) is 12.4. The Labute approximate surface area is 115 Å². The van der Waals surface area contributed by atoms with Gasteiger partial charge in [0.05, 0.1) is 6.54 Å². The maximum absolute atomic E-state index is 12.3. The van der Waals surface area contributed by atoms with E-state index in [1.807, 2.05) is 6.92 Å². The first-order valence-electron chi connectivity index (χ1n) is 7.49. The van der Waals surface area contributed by atoms with Crippen LogP contribution < -0.4 is 5.32 Å². The van der Waals surface area contributed by atoms with Crippen LogP contribution in [-0.4, -0.2) is 43.8 Å². The Balaban J connectivity index is 3.53. The van der Waals surface area contributed by atoms with E-state index in [1.165, 1.54) is 4.90 Å². The van der Waals surface area contributed by atoms with Gasteiger partial charge in [0.15, 0.2) is 0 Å². The molecule has 0 aliphatic carbocycles. The van der Waals surface area contributed by atoms with Crippen molar-refractivity contribution in [3.8, 4) is 0 Å². The van der Waals surface area contributed by atoms with Crippen LogP contribution in [-0.2, 0) is 0 Å². The third-order valence-electron chi connectivity index (χ3n) is 2.95. The number of nitrogens with zero attached hydrogens (tertiary/aromatic N) is 1. The summed E-state index contributed by atoms with van der Waals surface area (Å²) >= 11 is 0. The fourth-order valence-electron chi connectivity index (χ4n) is 2.08. The van der Waals surface area contributed by atoms with Gasteiger partial charge in [-0.25, -0.2) is 0 Å². The van der Waals surface area contributed by atoms with Crippen molar-refractivity contribution in [1.82, 2.24) is 10.2 Å². The summed E-state index contributed by atoms with van der Waals surface area (Å²) in [6, 6.07) is 0. The zero-order chi connectivity index (χ0) is 14.6. The molecule has 0 aliphatic rings. The van der Waals surface area contributed by atoms with E-state index in [4.69, 9.17) is 0 Å². The lowest BCUT2D eigenvalue weighted by atomic mass is 10.2. The van der Waals surface area contributed by atoms with Gasteiger partial charge in [-0.15, -0.1) is 0 Å². The number of halogens is 3. The second kappa shape index (κ2) is 11.5. The predicted octanol–water partition coefficient (Wildman–Crippen LogP) is 3.82. The number of rotatable bonds is 12. The van der Waals surface area contributed by atoms with Crippen molar-refractivity contribution in [2.75, 3.05) is 32.7 Å². The highest BCUT2D eigenvalue weighted by Gasteiger charge is 2.29. The van der Waals surface area contributed by atoms with Gasteiger partial charge in [0.1, 0.15) is 0 Å². The standard InChI is InChI=1S/C14H29F3N2/c1-3-9-18-10-7-5-6-8-12-19(11-4-2)13-14(15,16)17/h18H,3-13H2,1-2H3. The van der Waals surface area contributed by atoms with E-state index in [-0.39, 0.29) is 0 Å². The van der Waals surface area contributed by atoms with Gasteiger partial charge in [-0.2, -0.15) is 13.2 Å². The van der Waals surface area contributed by atoms with E-state index in [2.05, 4.69) is 12.2 Å². The highest BCUT2D eigenvalue weighted by molar-refractivity contribution is 4.63. The summed E-state index contributed by atoms with van der Waals surface area (Å²) in [6.07, 6.45) is 1.95. The second-order valence-corrected chi connectivity index (χ2v) is 5.06. The molecule has 0 unspecified atom stereocenters. The zero-order valence-electron chi connectivity index (χ0n) is 12.4. The molecule has 0 heterocycles. The molecule has 5 heteroatoms. The van der Waals surface area contributed by atoms with Gasteiger partial charge >= 0.3 is 6.18 Å². The van der Waals surface area contributed by atoms with E-state index in [9.17, 15) is 13.2 Å². The minimum absolute atomic E-state index is 0.539. The number of alkyl halides is 3. The van der Waals surface area contributed by atoms with Gasteiger partial charge in [0, 0.05) is 0 Å². The molecular weight excluding hydrogens is 253 g/mol. The summed E-state index contributed by atoms with van der Waals surface area (Å²) in [5.41, 5.74) is 0. The lowest BCUT2D eigenvalue weighted by Crippen LogP contribution is -2.35. The predicted molar refractivity (Wildman–Crippen MR) is 74.4 cm³/mol. The van der Waals surface area contributed by atoms with Crippen LogP contribution in [0, 0.1) is 0 Å². The van der Waals surface area contributed by atoms with Gasteiger partial charge in [-0.1, -0.05) is 26.7 Å². The summed E-state index contributed by atoms with van der Waals surface area (Å²) in [4.78, 5) is 1.52. The Morgan fingerprint density at radius 1 is 0.842 bits per heavy atom. The van der Waals surface area contributed by atoms with Crippen LogP contribution >= 0.6 is 0 Å². The molecule has 0 rings (SSSR count). The molecular formula is C14H29F3N2. The molecule has 1 N–H and O–H groups in total. The molecule has 0 aromatic heterocycles. The van der Waals surface area contributed by atoms with Crippen LogP contribution in [0.1, 0.15) is 52.4 Å². The van der Waals surface area contributed by atoms with Crippen molar-refractivity contribution in [2.24, 2.45) is 0 Å². The smallest absolute Gasteiger partial charge is 0.317 e. The van der Waals surface area contributed by atoms with E-state index in [0.717, 1.165) is 51.6 Å². The Hall–Kier alpha value is -0.290. The molecule has 0 fully saturated rings. The molecule has 0 aliphatic heterocycles. The van der Waals surface area contributed by atoms with Crippen LogP contribution in [0.15, 0.2) is 0 Å². The molecule has 0 saturated heterocycles. The molecule has 0 aromatic rings. The fraction of sp³-hybridized carbons (Fsp3) is 1.00. The first-order chi connectivity index (χ1) is 8.99. The molecule has 0 saturated carbocycles. The Morgan fingerprint density at radius 2 is 1.53 bits per heavy atom. The number of hydrogen-bond acceptors (Lipinski definition) is 2. The van der Waals surface area contributed by atoms with E-state index >= 15 is 0 Å². The second-order valence-electron chi connectivity index (χ2n) is 5.06. The van der Waals surface area contributed by atoms with Crippen LogP contribution in [0.3, 0.4) is 0 Å². The van der Waals surface area contributed by atoms with Crippen LogP contribution in [0.5, 0.6) is 0 Å². The lowest BCUT2D eigenvalue weighted by molar-refractivity contribution is -0.146. The molecule has 0 atom stereocenters.